The zero-order valence-corrected chi connectivity index (χ0v) is 12.5. The maximum Gasteiger partial charge on any atom is 0.416 e. The van der Waals surface area contributed by atoms with Gasteiger partial charge in [0, 0.05) is 12.1 Å². The molecule has 0 aliphatic heterocycles. The lowest BCUT2D eigenvalue weighted by Gasteiger charge is -2.20. The molecule has 0 fully saturated rings. The number of amides is 1. The number of rotatable bonds is 6. The smallest absolute Gasteiger partial charge is 0.416 e. The quantitative estimate of drug-likeness (QED) is 0.793. The topological polar surface area (TPSA) is 64.3 Å². The Bertz CT molecular complexity index is 549. The summed E-state index contributed by atoms with van der Waals surface area (Å²) in [5.74, 6) is -0.621. The SMILES string of the molecule is C=CCOc1ccc(C(F)(F)F)cc1C(=O)NCC(C)(C)N. The number of nitrogens with one attached hydrogen (secondary N) is 1. The highest BCUT2D eigenvalue weighted by Crippen LogP contribution is 2.32. The van der Waals surface area contributed by atoms with Gasteiger partial charge in [0.05, 0.1) is 11.1 Å². The Morgan fingerprint density at radius 1 is 1.41 bits per heavy atom. The van der Waals surface area contributed by atoms with Gasteiger partial charge in [-0.05, 0) is 32.0 Å². The normalized spacial score (nSPS) is 11.9. The van der Waals surface area contributed by atoms with E-state index in [-0.39, 0.29) is 24.5 Å². The van der Waals surface area contributed by atoms with Gasteiger partial charge in [0.15, 0.2) is 0 Å². The third kappa shape index (κ3) is 5.40. The van der Waals surface area contributed by atoms with Crippen molar-refractivity contribution in [1.82, 2.24) is 5.32 Å². The van der Waals surface area contributed by atoms with Gasteiger partial charge in [-0.25, -0.2) is 0 Å². The summed E-state index contributed by atoms with van der Waals surface area (Å²) in [7, 11) is 0. The molecule has 1 aromatic carbocycles. The van der Waals surface area contributed by atoms with E-state index < -0.39 is 23.2 Å². The average molecular weight is 316 g/mol. The van der Waals surface area contributed by atoms with E-state index in [0.717, 1.165) is 18.2 Å². The average Bonchev–Trinajstić information content (AvgIpc) is 2.40. The fourth-order valence-electron chi connectivity index (χ4n) is 1.56. The van der Waals surface area contributed by atoms with Crippen LogP contribution in [-0.4, -0.2) is 24.6 Å². The first kappa shape index (κ1) is 18.0. The molecule has 1 amide bonds. The first-order chi connectivity index (χ1) is 10.0. The summed E-state index contributed by atoms with van der Waals surface area (Å²) in [4.78, 5) is 12.1. The predicted octanol–water partition coefficient (Wildman–Crippen LogP) is 2.74. The van der Waals surface area contributed by atoms with E-state index in [1.807, 2.05) is 0 Å². The van der Waals surface area contributed by atoms with E-state index in [0.29, 0.717) is 0 Å². The highest BCUT2D eigenvalue weighted by molar-refractivity contribution is 5.97. The van der Waals surface area contributed by atoms with Crippen LogP contribution in [-0.2, 0) is 6.18 Å². The second kappa shape index (κ2) is 6.83. The van der Waals surface area contributed by atoms with E-state index in [1.54, 1.807) is 13.8 Å². The summed E-state index contributed by atoms with van der Waals surface area (Å²) in [6.45, 7) is 7.02. The third-order valence-electron chi connectivity index (χ3n) is 2.61. The van der Waals surface area contributed by atoms with Crippen LogP contribution >= 0.6 is 0 Å². The number of ether oxygens (including phenoxy) is 1. The Morgan fingerprint density at radius 3 is 2.55 bits per heavy atom. The molecule has 0 saturated heterocycles. The highest BCUT2D eigenvalue weighted by atomic mass is 19.4. The van der Waals surface area contributed by atoms with Crippen molar-refractivity contribution in [1.29, 1.82) is 0 Å². The lowest BCUT2D eigenvalue weighted by atomic mass is 10.1. The summed E-state index contributed by atoms with van der Waals surface area (Å²) < 4.78 is 43.6. The molecular weight excluding hydrogens is 297 g/mol. The van der Waals surface area contributed by atoms with Gasteiger partial charge in [-0.15, -0.1) is 0 Å². The predicted molar refractivity (Wildman–Crippen MR) is 77.7 cm³/mol. The van der Waals surface area contributed by atoms with Crippen LogP contribution in [0.15, 0.2) is 30.9 Å². The molecule has 0 unspecified atom stereocenters. The molecule has 3 N–H and O–H groups in total. The van der Waals surface area contributed by atoms with E-state index >= 15 is 0 Å². The monoisotopic (exact) mass is 316 g/mol. The maximum atomic E-state index is 12.8. The Kier molecular flexibility index (Phi) is 5.59. The molecule has 0 saturated carbocycles. The molecule has 0 atom stereocenters. The first-order valence-electron chi connectivity index (χ1n) is 6.56. The van der Waals surface area contributed by atoms with Crippen molar-refractivity contribution in [2.24, 2.45) is 5.73 Å². The van der Waals surface area contributed by atoms with Crippen LogP contribution in [0.3, 0.4) is 0 Å². The van der Waals surface area contributed by atoms with Gasteiger partial charge in [0.1, 0.15) is 12.4 Å². The molecule has 1 aromatic rings. The number of hydrogen-bond acceptors (Lipinski definition) is 3. The van der Waals surface area contributed by atoms with E-state index in [1.165, 1.54) is 6.08 Å². The van der Waals surface area contributed by atoms with Gasteiger partial charge in [0.25, 0.3) is 5.91 Å². The molecule has 0 spiro atoms. The Balaban J connectivity index is 3.10. The van der Waals surface area contributed by atoms with Crippen LogP contribution in [0.1, 0.15) is 29.8 Å². The van der Waals surface area contributed by atoms with Crippen molar-refractivity contribution >= 4 is 5.91 Å². The number of alkyl halides is 3. The van der Waals surface area contributed by atoms with Gasteiger partial charge in [-0.3, -0.25) is 4.79 Å². The van der Waals surface area contributed by atoms with Gasteiger partial charge in [0.2, 0.25) is 0 Å². The summed E-state index contributed by atoms with van der Waals surface area (Å²) in [6.07, 6.45) is -3.11. The molecule has 122 valence electrons. The maximum absolute atomic E-state index is 12.8. The Morgan fingerprint density at radius 2 is 2.05 bits per heavy atom. The molecule has 0 radical (unpaired) electrons. The van der Waals surface area contributed by atoms with Crippen molar-refractivity contribution in [3.63, 3.8) is 0 Å². The lowest BCUT2D eigenvalue weighted by Crippen LogP contribution is -2.45. The van der Waals surface area contributed by atoms with E-state index in [2.05, 4.69) is 11.9 Å². The highest BCUT2D eigenvalue weighted by Gasteiger charge is 2.32. The van der Waals surface area contributed by atoms with Gasteiger partial charge < -0.3 is 15.8 Å². The summed E-state index contributed by atoms with van der Waals surface area (Å²) in [5.41, 5.74) is 3.94. The molecule has 1 rings (SSSR count). The summed E-state index contributed by atoms with van der Waals surface area (Å²) >= 11 is 0. The molecule has 0 aliphatic rings. The molecule has 0 aromatic heterocycles. The summed E-state index contributed by atoms with van der Waals surface area (Å²) in [6, 6.07) is 2.74. The van der Waals surface area contributed by atoms with Gasteiger partial charge >= 0.3 is 6.18 Å². The van der Waals surface area contributed by atoms with Crippen molar-refractivity contribution in [3.8, 4) is 5.75 Å². The molecule has 22 heavy (non-hydrogen) atoms. The van der Waals surface area contributed by atoms with Crippen molar-refractivity contribution in [2.75, 3.05) is 13.2 Å². The second-order valence-electron chi connectivity index (χ2n) is 5.48. The fraction of sp³-hybridized carbons (Fsp3) is 0.400. The molecule has 0 heterocycles. The third-order valence-corrected chi connectivity index (χ3v) is 2.61. The van der Waals surface area contributed by atoms with Crippen LogP contribution in [0.5, 0.6) is 5.75 Å². The molecular formula is C15H19F3N2O2. The van der Waals surface area contributed by atoms with Crippen molar-refractivity contribution in [3.05, 3.63) is 42.0 Å². The molecule has 4 nitrogen and oxygen atoms in total. The number of nitrogens with two attached hydrogens (primary N) is 1. The van der Waals surface area contributed by atoms with Crippen LogP contribution in [0.25, 0.3) is 0 Å². The standard InChI is InChI=1S/C15H19F3N2O2/c1-4-7-22-12-6-5-10(15(16,17)18)8-11(12)13(21)20-9-14(2,3)19/h4-6,8H,1,7,9,19H2,2-3H3,(H,20,21). The van der Waals surface area contributed by atoms with Crippen molar-refractivity contribution in [2.45, 2.75) is 25.6 Å². The minimum atomic E-state index is -4.54. The number of benzene rings is 1. The van der Waals surface area contributed by atoms with Gasteiger partial charge in [-0.2, -0.15) is 13.2 Å². The second-order valence-corrected chi connectivity index (χ2v) is 5.48. The minimum Gasteiger partial charge on any atom is -0.489 e. The van der Waals surface area contributed by atoms with Crippen LogP contribution in [0, 0.1) is 0 Å². The van der Waals surface area contributed by atoms with Crippen LogP contribution < -0.4 is 15.8 Å². The Hall–Kier alpha value is -2.02. The fourth-order valence-corrected chi connectivity index (χ4v) is 1.56. The van der Waals surface area contributed by atoms with E-state index in [9.17, 15) is 18.0 Å². The largest absolute Gasteiger partial charge is 0.489 e. The minimum absolute atomic E-state index is 0.0558. The summed E-state index contributed by atoms with van der Waals surface area (Å²) in [5, 5.41) is 2.50. The molecule has 7 heteroatoms. The molecule has 0 bridgehead atoms. The number of carbonyl (C=O) groups excluding carboxylic acids is 1. The number of carbonyl (C=O) groups is 1. The van der Waals surface area contributed by atoms with Crippen LogP contribution in [0.2, 0.25) is 0 Å². The number of hydrogen-bond donors (Lipinski definition) is 2. The molecule has 0 aliphatic carbocycles. The lowest BCUT2D eigenvalue weighted by molar-refractivity contribution is -0.137. The number of halogens is 3. The zero-order valence-electron chi connectivity index (χ0n) is 12.5. The zero-order chi connectivity index (χ0) is 17.0. The van der Waals surface area contributed by atoms with Crippen LogP contribution in [0.4, 0.5) is 13.2 Å². The van der Waals surface area contributed by atoms with E-state index in [4.69, 9.17) is 10.5 Å². The Labute approximate surface area is 127 Å². The van der Waals surface area contributed by atoms with Gasteiger partial charge in [-0.1, -0.05) is 12.7 Å². The first-order valence-corrected chi connectivity index (χ1v) is 6.56. The van der Waals surface area contributed by atoms with Crippen molar-refractivity contribution < 1.29 is 22.7 Å².